The third-order valence-corrected chi connectivity index (χ3v) is 6.24. The topological polar surface area (TPSA) is 80.6 Å². The summed E-state index contributed by atoms with van der Waals surface area (Å²) in [7, 11) is 1.35. The maximum Gasteiger partial charge on any atom is 0.337 e. The van der Waals surface area contributed by atoms with Crippen molar-refractivity contribution in [3.05, 3.63) is 82.0 Å². The van der Waals surface area contributed by atoms with Crippen LogP contribution in [0.15, 0.2) is 63.9 Å². The molecule has 1 aliphatic heterocycles. The normalized spacial score (nSPS) is 16.8. The number of furan rings is 1. The monoisotopic (exact) mass is 448 g/mol. The highest BCUT2D eigenvalue weighted by atomic mass is 32.2. The lowest BCUT2D eigenvalue weighted by molar-refractivity contribution is -0.116. The van der Waals surface area contributed by atoms with E-state index in [0.29, 0.717) is 22.0 Å². The van der Waals surface area contributed by atoms with Gasteiger partial charge in [0, 0.05) is 17.3 Å². The van der Waals surface area contributed by atoms with Crippen LogP contribution in [0.4, 0.5) is 5.69 Å². The van der Waals surface area contributed by atoms with Crippen LogP contribution in [0, 0.1) is 6.92 Å². The lowest BCUT2D eigenvalue weighted by Gasteiger charge is -2.12. The first kappa shape index (κ1) is 21.8. The van der Waals surface area contributed by atoms with Crippen LogP contribution in [-0.2, 0) is 16.0 Å². The van der Waals surface area contributed by atoms with E-state index >= 15 is 0 Å². The molecule has 1 saturated heterocycles. The van der Waals surface area contributed by atoms with Crippen LogP contribution in [0.5, 0.6) is 0 Å². The quantitative estimate of drug-likeness (QED) is 0.398. The molecule has 32 heavy (non-hydrogen) atoms. The van der Waals surface area contributed by atoms with Crippen LogP contribution >= 0.6 is 11.8 Å². The Morgan fingerprint density at radius 3 is 2.69 bits per heavy atom. The Bertz CT molecular complexity index is 1180. The Labute approximate surface area is 191 Å². The van der Waals surface area contributed by atoms with Crippen molar-refractivity contribution >= 4 is 35.4 Å². The first-order chi connectivity index (χ1) is 15.5. The number of amides is 1. The highest BCUT2D eigenvalue weighted by molar-refractivity contribution is 8.05. The molecule has 1 aliphatic rings. The minimum Gasteiger partial charge on any atom is -0.465 e. The standard InChI is InChI=1S/C25H24N2O4S/c1-4-16-6-9-18(10-7-16)26-25-27-23(28)22(32-25)14-19-11-12-21(31-19)20-13-17(24(29)30-3)8-5-15(20)2/h5-14,25-26H,4H2,1-3H3,(H,27,28)/b22-14-/t25-/m0/s1. The molecule has 164 valence electrons. The summed E-state index contributed by atoms with van der Waals surface area (Å²) in [5.74, 6) is 0.629. The van der Waals surface area contributed by atoms with Crippen molar-refractivity contribution in [3.63, 3.8) is 0 Å². The van der Waals surface area contributed by atoms with Crippen molar-refractivity contribution in [1.29, 1.82) is 0 Å². The van der Waals surface area contributed by atoms with Gasteiger partial charge >= 0.3 is 5.97 Å². The van der Waals surface area contributed by atoms with Crippen LogP contribution < -0.4 is 10.6 Å². The molecule has 1 fully saturated rings. The van der Waals surface area contributed by atoms with E-state index in [1.807, 2.05) is 37.3 Å². The van der Waals surface area contributed by atoms with Gasteiger partial charge in [0.1, 0.15) is 11.5 Å². The molecule has 0 saturated carbocycles. The van der Waals surface area contributed by atoms with Crippen molar-refractivity contribution in [3.8, 4) is 11.3 Å². The smallest absolute Gasteiger partial charge is 0.337 e. The lowest BCUT2D eigenvalue weighted by Crippen LogP contribution is -2.30. The molecule has 2 N–H and O–H groups in total. The number of hydrogen-bond donors (Lipinski definition) is 2. The van der Waals surface area contributed by atoms with Crippen LogP contribution in [0.1, 0.15) is 34.2 Å². The molecule has 7 heteroatoms. The van der Waals surface area contributed by atoms with Gasteiger partial charge in [-0.3, -0.25) is 4.79 Å². The molecule has 0 radical (unpaired) electrons. The number of anilines is 1. The molecule has 2 aromatic carbocycles. The maximum absolute atomic E-state index is 12.4. The average Bonchev–Trinajstić information content (AvgIpc) is 3.40. The van der Waals surface area contributed by atoms with Gasteiger partial charge < -0.3 is 19.8 Å². The van der Waals surface area contributed by atoms with Gasteiger partial charge in [-0.25, -0.2) is 4.79 Å². The number of carbonyl (C=O) groups is 2. The fraction of sp³-hybridized carbons (Fsp3) is 0.200. The van der Waals surface area contributed by atoms with Gasteiger partial charge in [-0.15, -0.1) is 0 Å². The van der Waals surface area contributed by atoms with E-state index in [2.05, 4.69) is 29.7 Å². The molecule has 3 aromatic rings. The van der Waals surface area contributed by atoms with Crippen molar-refractivity contribution in [2.75, 3.05) is 12.4 Å². The Hall–Kier alpha value is -3.45. The van der Waals surface area contributed by atoms with Crippen LogP contribution in [-0.4, -0.2) is 24.5 Å². The summed E-state index contributed by atoms with van der Waals surface area (Å²) in [5, 5.41) is 6.24. The first-order valence-corrected chi connectivity index (χ1v) is 11.2. The van der Waals surface area contributed by atoms with Crippen molar-refractivity contribution in [2.24, 2.45) is 0 Å². The second kappa shape index (κ2) is 9.36. The second-order valence-electron chi connectivity index (χ2n) is 7.40. The summed E-state index contributed by atoms with van der Waals surface area (Å²) < 4.78 is 10.8. The highest BCUT2D eigenvalue weighted by Gasteiger charge is 2.27. The van der Waals surface area contributed by atoms with Crippen LogP contribution in [0.25, 0.3) is 17.4 Å². The predicted octanol–water partition coefficient (Wildman–Crippen LogP) is 5.20. The third kappa shape index (κ3) is 4.73. The van der Waals surface area contributed by atoms with Gasteiger partial charge in [-0.05, 0) is 60.9 Å². The van der Waals surface area contributed by atoms with E-state index in [1.165, 1.54) is 24.4 Å². The summed E-state index contributed by atoms with van der Waals surface area (Å²) in [6, 6.07) is 17.1. The number of rotatable bonds is 6. The fourth-order valence-electron chi connectivity index (χ4n) is 3.39. The molecule has 0 spiro atoms. The van der Waals surface area contributed by atoms with Crippen molar-refractivity contribution in [1.82, 2.24) is 5.32 Å². The Balaban J connectivity index is 1.49. The van der Waals surface area contributed by atoms with Gasteiger partial charge in [0.15, 0.2) is 5.50 Å². The van der Waals surface area contributed by atoms with Crippen molar-refractivity contribution in [2.45, 2.75) is 25.8 Å². The van der Waals surface area contributed by atoms with E-state index < -0.39 is 5.97 Å². The van der Waals surface area contributed by atoms with Gasteiger partial charge in [0.2, 0.25) is 0 Å². The molecule has 1 amide bonds. The largest absolute Gasteiger partial charge is 0.465 e. The summed E-state index contributed by atoms with van der Waals surface area (Å²) in [6.07, 6.45) is 2.71. The Morgan fingerprint density at radius 1 is 1.19 bits per heavy atom. The van der Waals surface area contributed by atoms with E-state index in [9.17, 15) is 9.59 Å². The molecule has 2 heterocycles. The highest BCUT2D eigenvalue weighted by Crippen LogP contribution is 2.32. The van der Waals surface area contributed by atoms with Crippen molar-refractivity contribution < 1.29 is 18.7 Å². The molecular weight excluding hydrogens is 424 g/mol. The van der Waals surface area contributed by atoms with E-state index in [-0.39, 0.29) is 11.4 Å². The number of esters is 1. The average molecular weight is 449 g/mol. The number of hydrogen-bond acceptors (Lipinski definition) is 6. The Kier molecular flexibility index (Phi) is 6.37. The number of aryl methyl sites for hydroxylation is 2. The molecule has 6 nitrogen and oxygen atoms in total. The number of carbonyl (C=O) groups excluding carboxylic acids is 2. The van der Waals surface area contributed by atoms with E-state index in [4.69, 9.17) is 9.15 Å². The van der Waals surface area contributed by atoms with Gasteiger partial charge in [0.05, 0.1) is 17.6 Å². The fourth-order valence-corrected chi connectivity index (χ4v) is 4.36. The van der Waals surface area contributed by atoms with E-state index in [0.717, 1.165) is 23.2 Å². The number of methoxy groups -OCH3 is 1. The van der Waals surface area contributed by atoms with Gasteiger partial charge in [0.25, 0.3) is 5.91 Å². The summed E-state index contributed by atoms with van der Waals surface area (Å²) in [4.78, 5) is 24.9. The predicted molar refractivity (Wildman–Crippen MR) is 127 cm³/mol. The molecule has 1 aromatic heterocycles. The van der Waals surface area contributed by atoms with Gasteiger partial charge in [-0.2, -0.15) is 0 Å². The molecule has 0 bridgehead atoms. The second-order valence-corrected chi connectivity index (χ2v) is 8.54. The van der Waals surface area contributed by atoms with Crippen LogP contribution in [0.3, 0.4) is 0 Å². The lowest BCUT2D eigenvalue weighted by atomic mass is 10.0. The number of nitrogens with one attached hydrogen (secondary N) is 2. The summed E-state index contributed by atoms with van der Waals surface area (Å²) in [6.45, 7) is 4.06. The van der Waals surface area contributed by atoms with Crippen LogP contribution in [0.2, 0.25) is 0 Å². The number of thioether (sulfide) groups is 1. The Morgan fingerprint density at radius 2 is 1.97 bits per heavy atom. The first-order valence-electron chi connectivity index (χ1n) is 10.3. The molecule has 0 aliphatic carbocycles. The third-order valence-electron chi connectivity index (χ3n) is 5.22. The molecule has 0 unspecified atom stereocenters. The van der Waals surface area contributed by atoms with E-state index in [1.54, 1.807) is 18.2 Å². The zero-order valence-electron chi connectivity index (χ0n) is 18.1. The maximum atomic E-state index is 12.4. The SMILES string of the molecule is CCc1ccc(N[C@H]2NC(=O)/C(=C/c3ccc(-c4cc(C(=O)OC)ccc4C)o3)S2)cc1. The zero-order valence-corrected chi connectivity index (χ0v) is 18.9. The number of benzene rings is 2. The number of ether oxygens (including phenoxy) is 1. The minimum absolute atomic E-state index is 0.153. The summed E-state index contributed by atoms with van der Waals surface area (Å²) in [5.41, 5.74) is 4.18. The van der Waals surface area contributed by atoms with Gasteiger partial charge in [-0.1, -0.05) is 36.9 Å². The molecule has 4 rings (SSSR count). The molecular formula is C25H24N2O4S. The molecule has 1 atom stereocenters. The minimum atomic E-state index is -0.401. The zero-order chi connectivity index (χ0) is 22.7. The summed E-state index contributed by atoms with van der Waals surface area (Å²) >= 11 is 1.40.